The number of nitrogens with zero attached hydrogens (tertiary/aromatic N) is 1. The molecule has 3 rings (SSSR count). The minimum atomic E-state index is -3.87. The molecule has 1 aliphatic rings. The monoisotopic (exact) mass is 462 g/mol. The summed E-state index contributed by atoms with van der Waals surface area (Å²) in [6.45, 7) is 1.10. The van der Waals surface area contributed by atoms with Crippen LogP contribution in [-0.2, 0) is 16.4 Å². The number of benzene rings is 2. The molecular formula is C23H27ClN2O4S. The van der Waals surface area contributed by atoms with Crippen LogP contribution in [0.2, 0.25) is 5.02 Å². The number of piperidine rings is 1. The molecule has 166 valence electrons. The van der Waals surface area contributed by atoms with Gasteiger partial charge in [-0.05, 0) is 73.1 Å². The van der Waals surface area contributed by atoms with Crippen LogP contribution in [0.4, 0.5) is 4.79 Å². The summed E-state index contributed by atoms with van der Waals surface area (Å²) in [5.74, 6) is 1.37. The quantitative estimate of drug-likeness (QED) is 0.646. The fourth-order valence-electron chi connectivity index (χ4n) is 3.55. The van der Waals surface area contributed by atoms with Gasteiger partial charge in [-0.3, -0.25) is 0 Å². The number of aryl methyl sites for hydroxylation is 1. The van der Waals surface area contributed by atoms with E-state index < -0.39 is 16.1 Å². The van der Waals surface area contributed by atoms with Crippen LogP contribution in [0.5, 0.6) is 5.75 Å². The fraction of sp³-hybridized carbons (Fsp3) is 0.348. The second-order valence-electron chi connectivity index (χ2n) is 7.62. The molecule has 1 fully saturated rings. The Morgan fingerprint density at radius 3 is 2.39 bits per heavy atom. The van der Waals surface area contributed by atoms with Gasteiger partial charge >= 0.3 is 6.03 Å². The van der Waals surface area contributed by atoms with Crippen LogP contribution in [-0.4, -0.2) is 39.5 Å². The van der Waals surface area contributed by atoms with Crippen molar-refractivity contribution >= 4 is 33.7 Å². The maximum Gasteiger partial charge on any atom is 0.331 e. The Balaban J connectivity index is 1.44. The number of methoxy groups -OCH3 is 1. The van der Waals surface area contributed by atoms with E-state index in [9.17, 15) is 13.2 Å². The summed E-state index contributed by atoms with van der Waals surface area (Å²) in [4.78, 5) is 14.0. The van der Waals surface area contributed by atoms with Crippen molar-refractivity contribution in [1.82, 2.24) is 9.62 Å². The number of halogens is 1. The maximum atomic E-state index is 12.4. The lowest BCUT2D eigenvalue weighted by Gasteiger charge is -2.31. The third-order valence-electron chi connectivity index (χ3n) is 5.44. The number of carbonyl (C=O) groups is 1. The van der Waals surface area contributed by atoms with Gasteiger partial charge < -0.3 is 9.64 Å². The second-order valence-corrected chi connectivity index (χ2v) is 9.63. The fourth-order valence-corrected chi connectivity index (χ4v) is 4.45. The Kier molecular flexibility index (Phi) is 7.98. The molecule has 0 saturated carbocycles. The van der Waals surface area contributed by atoms with Crippen molar-refractivity contribution in [1.29, 1.82) is 0 Å². The molecule has 0 radical (unpaired) electrons. The Bertz CT molecular complexity index is 997. The molecule has 6 nitrogen and oxygen atoms in total. The summed E-state index contributed by atoms with van der Waals surface area (Å²) in [6, 6.07) is 14.2. The number of ether oxygens (including phenoxy) is 1. The molecule has 31 heavy (non-hydrogen) atoms. The zero-order chi connectivity index (χ0) is 22.3. The van der Waals surface area contributed by atoms with Gasteiger partial charge in [0.15, 0.2) is 0 Å². The van der Waals surface area contributed by atoms with Crippen molar-refractivity contribution in [2.24, 2.45) is 5.92 Å². The number of carbonyl (C=O) groups excluding carboxylic acids is 1. The smallest absolute Gasteiger partial charge is 0.331 e. The van der Waals surface area contributed by atoms with Crippen LogP contribution in [0.1, 0.15) is 30.4 Å². The third-order valence-corrected chi connectivity index (χ3v) is 6.65. The number of sulfonamides is 1. The molecular weight excluding hydrogens is 436 g/mol. The molecule has 0 spiro atoms. The number of nitrogens with one attached hydrogen (secondary N) is 1. The van der Waals surface area contributed by atoms with Crippen molar-refractivity contribution in [3.8, 4) is 5.75 Å². The summed E-state index contributed by atoms with van der Waals surface area (Å²) < 4.78 is 31.7. The average molecular weight is 463 g/mol. The van der Waals surface area contributed by atoms with E-state index in [2.05, 4.69) is 16.9 Å². The van der Waals surface area contributed by atoms with E-state index in [0.717, 1.165) is 36.8 Å². The number of likely N-dealkylation sites (tertiary alicyclic amines) is 1. The van der Waals surface area contributed by atoms with Crippen LogP contribution in [0.15, 0.2) is 53.9 Å². The van der Waals surface area contributed by atoms with E-state index in [0.29, 0.717) is 29.6 Å². The molecule has 2 aromatic carbocycles. The molecule has 2 aromatic rings. The molecule has 1 saturated heterocycles. The van der Waals surface area contributed by atoms with Crippen molar-refractivity contribution in [3.05, 3.63) is 70.1 Å². The molecule has 0 aromatic heterocycles. The lowest BCUT2D eigenvalue weighted by Crippen LogP contribution is -2.46. The van der Waals surface area contributed by atoms with Crippen LogP contribution >= 0.6 is 11.6 Å². The summed E-state index contributed by atoms with van der Waals surface area (Å²) in [6.07, 6.45) is 5.18. The van der Waals surface area contributed by atoms with E-state index in [-0.39, 0.29) is 0 Å². The van der Waals surface area contributed by atoms with Gasteiger partial charge in [0.25, 0.3) is 10.0 Å². The lowest BCUT2D eigenvalue weighted by molar-refractivity contribution is 0.173. The number of amides is 2. The molecule has 2 amide bonds. The topological polar surface area (TPSA) is 75.7 Å². The molecule has 1 aliphatic heterocycles. The van der Waals surface area contributed by atoms with Crippen LogP contribution in [0.3, 0.4) is 0 Å². The predicted octanol–water partition coefficient (Wildman–Crippen LogP) is 4.70. The lowest BCUT2D eigenvalue weighted by atomic mass is 9.90. The highest BCUT2D eigenvalue weighted by atomic mass is 35.5. The van der Waals surface area contributed by atoms with Crippen LogP contribution in [0.25, 0.3) is 6.08 Å². The first-order chi connectivity index (χ1) is 14.8. The van der Waals surface area contributed by atoms with E-state index in [1.165, 1.54) is 11.6 Å². The molecule has 0 unspecified atom stereocenters. The van der Waals surface area contributed by atoms with Crippen molar-refractivity contribution < 1.29 is 17.9 Å². The number of rotatable bonds is 7. The third kappa shape index (κ3) is 7.29. The van der Waals surface area contributed by atoms with E-state index in [4.69, 9.17) is 16.3 Å². The Hall–Kier alpha value is -2.51. The van der Waals surface area contributed by atoms with Gasteiger partial charge in [-0.2, -0.15) is 0 Å². The summed E-state index contributed by atoms with van der Waals surface area (Å²) >= 11 is 5.82. The minimum Gasteiger partial charge on any atom is -0.497 e. The van der Waals surface area contributed by atoms with Gasteiger partial charge in [-0.15, -0.1) is 0 Å². The Morgan fingerprint density at radius 2 is 1.77 bits per heavy atom. The largest absolute Gasteiger partial charge is 0.497 e. The summed E-state index contributed by atoms with van der Waals surface area (Å²) in [5, 5.41) is 1.57. The number of urea groups is 1. The van der Waals surface area contributed by atoms with Crippen molar-refractivity contribution in [2.45, 2.75) is 25.7 Å². The van der Waals surface area contributed by atoms with Gasteiger partial charge in [0.1, 0.15) is 5.75 Å². The minimum absolute atomic E-state index is 0.521. The van der Waals surface area contributed by atoms with E-state index in [1.807, 2.05) is 12.1 Å². The SMILES string of the molecule is COc1ccc(CCC2CCN(C(=O)NS(=O)(=O)/C=C/c3ccc(Cl)cc3)CC2)cc1. The van der Waals surface area contributed by atoms with Gasteiger partial charge in [0.2, 0.25) is 0 Å². The second kappa shape index (κ2) is 10.7. The van der Waals surface area contributed by atoms with Crippen molar-refractivity contribution in [2.75, 3.05) is 20.2 Å². The van der Waals surface area contributed by atoms with Crippen molar-refractivity contribution in [3.63, 3.8) is 0 Å². The van der Waals surface area contributed by atoms with Crippen LogP contribution in [0, 0.1) is 5.92 Å². The summed E-state index contributed by atoms with van der Waals surface area (Å²) in [5.41, 5.74) is 1.94. The average Bonchev–Trinajstić information content (AvgIpc) is 2.78. The molecule has 8 heteroatoms. The van der Waals surface area contributed by atoms with Gasteiger partial charge in [0.05, 0.1) is 12.5 Å². The summed E-state index contributed by atoms with van der Waals surface area (Å²) in [7, 11) is -2.22. The zero-order valence-electron chi connectivity index (χ0n) is 17.5. The molecule has 0 aliphatic carbocycles. The molecule has 0 atom stereocenters. The number of hydrogen-bond acceptors (Lipinski definition) is 4. The first-order valence-electron chi connectivity index (χ1n) is 10.2. The van der Waals surface area contributed by atoms with Gasteiger partial charge in [-0.25, -0.2) is 17.9 Å². The standard InChI is InChI=1S/C23H27ClN2O4S/c1-30-22-10-6-18(7-11-22)2-3-20-12-15-26(16-13-20)23(27)25-31(28,29)17-14-19-4-8-21(24)9-5-19/h4-11,14,17,20H,2-3,12-13,15-16H2,1H3,(H,25,27)/b17-14+. The zero-order valence-corrected chi connectivity index (χ0v) is 19.0. The predicted molar refractivity (Wildman–Crippen MR) is 124 cm³/mol. The number of hydrogen-bond donors (Lipinski definition) is 1. The van der Waals surface area contributed by atoms with E-state index in [1.54, 1.807) is 36.3 Å². The first-order valence-corrected chi connectivity index (χ1v) is 12.2. The van der Waals surface area contributed by atoms with Crippen LogP contribution < -0.4 is 9.46 Å². The van der Waals surface area contributed by atoms with E-state index >= 15 is 0 Å². The normalized spacial score (nSPS) is 15.2. The van der Waals surface area contributed by atoms with Gasteiger partial charge in [-0.1, -0.05) is 35.9 Å². The molecule has 0 bridgehead atoms. The highest BCUT2D eigenvalue weighted by Gasteiger charge is 2.24. The molecule has 1 heterocycles. The Morgan fingerprint density at radius 1 is 1.13 bits per heavy atom. The molecule has 1 N–H and O–H groups in total. The highest BCUT2D eigenvalue weighted by Crippen LogP contribution is 2.23. The first kappa shape index (κ1) is 23.2. The maximum absolute atomic E-state index is 12.4. The van der Waals surface area contributed by atoms with Gasteiger partial charge in [0, 0.05) is 18.1 Å². The Labute approximate surface area is 188 Å². The highest BCUT2D eigenvalue weighted by molar-refractivity contribution is 7.93.